The standard InChI is InChI=1S/C8H6ClF3O/c9-5-3-1-2-4(6(5)10)7(13)8(11)12/h1-3,7-8,13H. The molecule has 0 radical (unpaired) electrons. The molecule has 0 fully saturated rings. The van der Waals surface area contributed by atoms with Gasteiger partial charge in [0.15, 0.2) is 0 Å². The number of alkyl halides is 2. The summed E-state index contributed by atoms with van der Waals surface area (Å²) in [6.45, 7) is 0. The van der Waals surface area contributed by atoms with Crippen LogP contribution < -0.4 is 0 Å². The first-order chi connectivity index (χ1) is 6.04. The number of aliphatic hydroxyl groups is 1. The number of rotatable bonds is 2. The summed E-state index contributed by atoms with van der Waals surface area (Å²) < 4.78 is 36.9. The zero-order valence-electron chi connectivity index (χ0n) is 6.35. The van der Waals surface area contributed by atoms with Gasteiger partial charge in [0.05, 0.1) is 5.02 Å². The number of halogens is 4. The van der Waals surface area contributed by atoms with Crippen molar-refractivity contribution in [2.45, 2.75) is 12.5 Å². The quantitative estimate of drug-likeness (QED) is 0.796. The zero-order chi connectivity index (χ0) is 10.0. The minimum absolute atomic E-state index is 0.280. The van der Waals surface area contributed by atoms with Crippen LogP contribution in [0.2, 0.25) is 5.02 Å². The summed E-state index contributed by atoms with van der Waals surface area (Å²) in [5.41, 5.74) is -0.484. The summed E-state index contributed by atoms with van der Waals surface area (Å²) in [5.74, 6) is -1.00. The highest BCUT2D eigenvalue weighted by Gasteiger charge is 2.23. The Morgan fingerprint density at radius 3 is 2.46 bits per heavy atom. The summed E-state index contributed by atoms with van der Waals surface area (Å²) in [4.78, 5) is 0. The largest absolute Gasteiger partial charge is 0.382 e. The lowest BCUT2D eigenvalue weighted by Crippen LogP contribution is -2.10. The van der Waals surface area contributed by atoms with Gasteiger partial charge in [-0.15, -0.1) is 0 Å². The maximum atomic E-state index is 13.0. The molecule has 0 aliphatic heterocycles. The maximum absolute atomic E-state index is 13.0. The van der Waals surface area contributed by atoms with Crippen LogP contribution in [0.25, 0.3) is 0 Å². The summed E-state index contributed by atoms with van der Waals surface area (Å²) >= 11 is 5.33. The molecule has 5 heteroatoms. The Bertz CT molecular complexity index is 303. The van der Waals surface area contributed by atoms with Crippen LogP contribution in [0.4, 0.5) is 13.2 Å². The first kappa shape index (κ1) is 10.3. The maximum Gasteiger partial charge on any atom is 0.268 e. The topological polar surface area (TPSA) is 20.2 Å². The van der Waals surface area contributed by atoms with Crippen molar-refractivity contribution < 1.29 is 18.3 Å². The van der Waals surface area contributed by atoms with Crippen LogP contribution in [-0.2, 0) is 0 Å². The van der Waals surface area contributed by atoms with Crippen molar-refractivity contribution in [1.82, 2.24) is 0 Å². The van der Waals surface area contributed by atoms with Gasteiger partial charge < -0.3 is 5.11 Å². The van der Waals surface area contributed by atoms with Gasteiger partial charge in [-0.1, -0.05) is 23.7 Å². The Morgan fingerprint density at radius 1 is 1.31 bits per heavy atom. The van der Waals surface area contributed by atoms with E-state index in [1.807, 2.05) is 0 Å². The van der Waals surface area contributed by atoms with Gasteiger partial charge in [0.1, 0.15) is 11.9 Å². The number of benzene rings is 1. The fourth-order valence-electron chi connectivity index (χ4n) is 0.885. The molecule has 0 aromatic heterocycles. The van der Waals surface area contributed by atoms with Gasteiger partial charge in [-0.05, 0) is 6.07 Å². The molecule has 1 atom stereocenters. The van der Waals surface area contributed by atoms with Gasteiger partial charge in [0, 0.05) is 5.56 Å². The van der Waals surface area contributed by atoms with Gasteiger partial charge in [0.2, 0.25) is 0 Å². The third kappa shape index (κ3) is 2.14. The average Bonchev–Trinajstić information content (AvgIpc) is 2.08. The SMILES string of the molecule is OC(c1cccc(Cl)c1F)C(F)F. The smallest absolute Gasteiger partial charge is 0.268 e. The minimum atomic E-state index is -3.02. The van der Waals surface area contributed by atoms with E-state index in [0.717, 1.165) is 6.07 Å². The van der Waals surface area contributed by atoms with Gasteiger partial charge in [-0.2, -0.15) is 0 Å². The van der Waals surface area contributed by atoms with E-state index in [1.54, 1.807) is 0 Å². The highest BCUT2D eigenvalue weighted by Crippen LogP contribution is 2.26. The summed E-state index contributed by atoms with van der Waals surface area (Å²) in [5, 5.41) is 8.57. The van der Waals surface area contributed by atoms with Crippen LogP contribution in [0.15, 0.2) is 18.2 Å². The van der Waals surface area contributed by atoms with Crippen molar-refractivity contribution in [3.05, 3.63) is 34.6 Å². The monoisotopic (exact) mass is 210 g/mol. The molecule has 0 heterocycles. The highest BCUT2D eigenvalue weighted by atomic mass is 35.5. The van der Waals surface area contributed by atoms with Crippen molar-refractivity contribution in [2.24, 2.45) is 0 Å². The predicted molar refractivity (Wildman–Crippen MR) is 42.4 cm³/mol. The van der Waals surface area contributed by atoms with E-state index < -0.39 is 23.9 Å². The predicted octanol–water partition coefficient (Wildman–Crippen LogP) is 2.78. The molecule has 0 aliphatic rings. The van der Waals surface area contributed by atoms with Crippen LogP contribution in [-0.4, -0.2) is 11.5 Å². The molecule has 0 spiro atoms. The molecule has 13 heavy (non-hydrogen) atoms. The van der Waals surface area contributed by atoms with Gasteiger partial charge >= 0.3 is 0 Å². The van der Waals surface area contributed by atoms with E-state index in [0.29, 0.717) is 0 Å². The fourth-order valence-corrected chi connectivity index (χ4v) is 1.07. The van der Waals surface area contributed by atoms with Crippen LogP contribution in [0.5, 0.6) is 0 Å². The summed E-state index contributed by atoms with van der Waals surface area (Å²) in [6.07, 6.45) is -5.15. The molecule has 0 bridgehead atoms. The lowest BCUT2D eigenvalue weighted by molar-refractivity contribution is -0.00770. The Labute approximate surface area is 77.8 Å². The summed E-state index contributed by atoms with van der Waals surface area (Å²) in [7, 11) is 0. The second kappa shape index (κ2) is 3.98. The number of hydrogen-bond acceptors (Lipinski definition) is 1. The second-order valence-corrected chi connectivity index (χ2v) is 2.83. The summed E-state index contributed by atoms with van der Waals surface area (Å²) in [6, 6.07) is 3.59. The molecule has 1 aromatic carbocycles. The van der Waals surface area contributed by atoms with Gasteiger partial charge in [0.25, 0.3) is 6.43 Å². The first-order valence-electron chi connectivity index (χ1n) is 3.44. The van der Waals surface area contributed by atoms with Gasteiger partial charge in [-0.25, -0.2) is 13.2 Å². The molecular formula is C8H6ClF3O. The van der Waals surface area contributed by atoms with Crippen LogP contribution in [0.1, 0.15) is 11.7 Å². The lowest BCUT2D eigenvalue weighted by Gasteiger charge is -2.10. The molecule has 1 unspecified atom stereocenters. The normalized spacial score (nSPS) is 13.4. The van der Waals surface area contributed by atoms with Crippen LogP contribution in [0.3, 0.4) is 0 Å². The van der Waals surface area contributed by atoms with E-state index in [2.05, 4.69) is 0 Å². The molecule has 0 aliphatic carbocycles. The van der Waals surface area contributed by atoms with E-state index in [4.69, 9.17) is 16.7 Å². The van der Waals surface area contributed by atoms with E-state index in [-0.39, 0.29) is 5.02 Å². The Balaban J connectivity index is 3.07. The average molecular weight is 211 g/mol. The zero-order valence-corrected chi connectivity index (χ0v) is 7.10. The third-order valence-electron chi connectivity index (χ3n) is 1.54. The lowest BCUT2D eigenvalue weighted by atomic mass is 10.1. The van der Waals surface area contributed by atoms with E-state index in [1.165, 1.54) is 12.1 Å². The van der Waals surface area contributed by atoms with Crippen molar-refractivity contribution >= 4 is 11.6 Å². The molecule has 1 N–H and O–H groups in total. The van der Waals surface area contributed by atoms with Crippen molar-refractivity contribution in [3.63, 3.8) is 0 Å². The molecule has 0 amide bonds. The molecule has 1 aromatic rings. The first-order valence-corrected chi connectivity index (χ1v) is 3.82. The van der Waals surface area contributed by atoms with Crippen LogP contribution >= 0.6 is 11.6 Å². The van der Waals surface area contributed by atoms with Crippen LogP contribution in [0, 0.1) is 5.82 Å². The van der Waals surface area contributed by atoms with Gasteiger partial charge in [-0.3, -0.25) is 0 Å². The number of hydrogen-bond donors (Lipinski definition) is 1. The van der Waals surface area contributed by atoms with Crippen molar-refractivity contribution in [3.8, 4) is 0 Å². The Kier molecular flexibility index (Phi) is 3.17. The molecule has 72 valence electrons. The Hall–Kier alpha value is -0.740. The molecule has 0 saturated carbocycles. The second-order valence-electron chi connectivity index (χ2n) is 2.42. The third-order valence-corrected chi connectivity index (χ3v) is 1.83. The number of aliphatic hydroxyl groups excluding tert-OH is 1. The molecule has 1 nitrogen and oxygen atoms in total. The fraction of sp³-hybridized carbons (Fsp3) is 0.250. The van der Waals surface area contributed by atoms with Crippen molar-refractivity contribution in [2.75, 3.05) is 0 Å². The van der Waals surface area contributed by atoms with E-state index >= 15 is 0 Å². The van der Waals surface area contributed by atoms with E-state index in [9.17, 15) is 13.2 Å². The molecular weight excluding hydrogens is 205 g/mol. The highest BCUT2D eigenvalue weighted by molar-refractivity contribution is 6.30. The Morgan fingerprint density at radius 2 is 1.92 bits per heavy atom. The molecule has 0 saturated heterocycles. The molecule has 1 rings (SSSR count). The van der Waals surface area contributed by atoms with Crippen molar-refractivity contribution in [1.29, 1.82) is 0 Å². The minimum Gasteiger partial charge on any atom is -0.382 e.